The molecule has 2 aliphatic rings. The van der Waals surface area contributed by atoms with Crippen molar-refractivity contribution in [3.8, 4) is 0 Å². The van der Waals surface area contributed by atoms with Crippen molar-refractivity contribution in [2.24, 2.45) is 0 Å². The van der Waals surface area contributed by atoms with Crippen molar-refractivity contribution in [2.75, 3.05) is 32.2 Å². The van der Waals surface area contributed by atoms with Crippen LogP contribution in [0.25, 0.3) is 21.5 Å². The fourth-order valence-corrected chi connectivity index (χ4v) is 6.87. The number of halogens is 1. The number of nitrogens with zero attached hydrogens (tertiary/aromatic N) is 2. The molecule has 0 bridgehead atoms. The van der Waals surface area contributed by atoms with Crippen LogP contribution in [0.1, 0.15) is 38.8 Å². The second kappa shape index (κ2) is 12.6. The van der Waals surface area contributed by atoms with Gasteiger partial charge in [-0.05, 0) is 54.5 Å². The van der Waals surface area contributed by atoms with E-state index in [0.29, 0.717) is 5.76 Å². The zero-order valence-electron chi connectivity index (χ0n) is 26.9. The molecule has 0 aliphatic carbocycles. The molecule has 0 spiro atoms. The Bertz CT molecular complexity index is 1910. The summed E-state index contributed by atoms with van der Waals surface area (Å²) in [5, 5.41) is 14.6. The van der Waals surface area contributed by atoms with Crippen molar-refractivity contribution < 1.29 is 43.3 Å². The number of hydrogen-bond acceptors (Lipinski definition) is 7. The summed E-state index contributed by atoms with van der Waals surface area (Å²) in [5.41, 5.74) is 7.23. The van der Waals surface area contributed by atoms with Crippen molar-refractivity contribution in [2.45, 2.75) is 38.5 Å². The second-order valence-electron chi connectivity index (χ2n) is 12.5. The first-order chi connectivity index (χ1) is 21.7. The monoisotopic (exact) mass is 642 g/mol. The first kappa shape index (κ1) is 33.3. The molecule has 0 amide bonds. The van der Waals surface area contributed by atoms with E-state index < -0.39 is 10.2 Å². The number of anilines is 1. The van der Waals surface area contributed by atoms with Crippen molar-refractivity contribution >= 4 is 38.6 Å². The topological polar surface area (TPSA) is 128 Å². The Hall–Kier alpha value is -4.02. The molecule has 2 heterocycles. The van der Waals surface area contributed by atoms with Gasteiger partial charge in [-0.1, -0.05) is 80.6 Å². The van der Waals surface area contributed by atoms with Crippen LogP contribution in [0.2, 0.25) is 0 Å². The minimum absolute atomic E-state index is 0.0377. The van der Waals surface area contributed by atoms with Crippen LogP contribution in [0.4, 0.5) is 11.4 Å². The molecule has 0 saturated carbocycles. The van der Waals surface area contributed by atoms with E-state index in [2.05, 4.69) is 136 Å². The maximum absolute atomic E-state index is 9.55. The van der Waals surface area contributed by atoms with E-state index in [1.165, 1.54) is 55.5 Å². The molecule has 240 valence electrons. The van der Waals surface area contributed by atoms with E-state index in [-0.39, 0.29) is 24.0 Å². The van der Waals surface area contributed by atoms with E-state index in [9.17, 15) is 5.11 Å². The molecule has 2 aliphatic heterocycles. The lowest BCUT2D eigenvalue weighted by Crippen LogP contribution is -2.68. The fraction of sp³-hybridized carbons (Fsp3) is 0.270. The predicted octanol–water partition coefficient (Wildman–Crippen LogP) is 3.00. The number of likely N-dealkylation sites (N-methyl/N-ethyl adjacent to an activating group) is 1. The summed E-state index contributed by atoms with van der Waals surface area (Å²) in [4.78, 5) is 2.31. The molecule has 4 aromatic carbocycles. The Kier molecular flexibility index (Phi) is 9.16. The number of ether oxygens (including phenoxy) is 1. The molecule has 6 rings (SSSR count). The molecule has 0 fully saturated rings. The third-order valence-electron chi connectivity index (χ3n) is 8.99. The number of benzene rings is 4. The SMILES string of the molecule is CN1/C(=C/C=C(/C=C\C2=[N+](C)c3c(ccc4ccccc34)C2(C)C)OCCO)C(C)(C)c2ccc3ccccc3c21.[O-][Cl+3]([O-])([O-])[O-]. The number of fused-ring (bicyclic) bond motifs is 6. The van der Waals surface area contributed by atoms with Crippen LogP contribution in [-0.2, 0) is 15.6 Å². The number of aliphatic hydroxyl groups excluding tert-OH is 1. The van der Waals surface area contributed by atoms with Gasteiger partial charge in [-0.2, -0.15) is 4.58 Å². The van der Waals surface area contributed by atoms with Crippen LogP contribution in [0.5, 0.6) is 0 Å². The van der Waals surface area contributed by atoms with Crippen LogP contribution >= 0.6 is 0 Å². The summed E-state index contributed by atoms with van der Waals surface area (Å²) < 4.78 is 42.3. The van der Waals surface area contributed by atoms with E-state index in [4.69, 9.17) is 23.4 Å². The smallest absolute Gasteiger partial charge is 0.217 e. The van der Waals surface area contributed by atoms with Crippen molar-refractivity contribution in [3.63, 3.8) is 0 Å². The molecule has 0 atom stereocenters. The highest BCUT2D eigenvalue weighted by molar-refractivity contribution is 6.07. The van der Waals surface area contributed by atoms with Gasteiger partial charge in [0, 0.05) is 35.2 Å². The second-order valence-corrected chi connectivity index (χ2v) is 13.3. The van der Waals surface area contributed by atoms with Gasteiger partial charge in [-0.15, -0.1) is 10.2 Å². The summed E-state index contributed by atoms with van der Waals surface area (Å²) in [6, 6.07) is 26.1. The van der Waals surface area contributed by atoms with Gasteiger partial charge in [0.2, 0.25) is 5.69 Å². The summed E-state index contributed by atoms with van der Waals surface area (Å²) >= 11 is 0. The average Bonchev–Trinajstić information content (AvgIpc) is 3.32. The molecule has 0 unspecified atom stereocenters. The molecule has 0 radical (unpaired) electrons. The standard InChI is InChI=1S/C37H39N2O2.ClHO4/c1-36(2)30-19-15-25-11-7-9-13-28(25)34(30)38(5)32(36)21-17-27(41-24-23-40)18-22-33-37(3,4)31-20-16-26-12-8-10-14-29(26)35(31)39(33)6;2-1(3,4)5/h7-22,40H,23-24H2,1-6H3;(H,2,3,4,5)/q+1;/p-1. The van der Waals surface area contributed by atoms with E-state index in [1.54, 1.807) is 0 Å². The molecule has 0 saturated heterocycles. The number of allylic oxidation sites excluding steroid dienone is 5. The maximum Gasteiger partial charge on any atom is 0.217 e. The number of aliphatic hydroxyl groups is 1. The van der Waals surface area contributed by atoms with Crippen molar-refractivity contribution in [1.82, 2.24) is 0 Å². The normalized spacial score (nSPS) is 17.9. The number of rotatable bonds is 6. The minimum atomic E-state index is -4.94. The molecule has 4 aromatic rings. The Balaban J connectivity index is 0.000000775. The van der Waals surface area contributed by atoms with Crippen LogP contribution in [0, 0.1) is 10.2 Å². The van der Waals surface area contributed by atoms with Gasteiger partial charge >= 0.3 is 0 Å². The minimum Gasteiger partial charge on any atom is -0.491 e. The van der Waals surface area contributed by atoms with Crippen LogP contribution in [0.15, 0.2) is 109 Å². The largest absolute Gasteiger partial charge is 0.491 e. The lowest BCUT2D eigenvalue weighted by Gasteiger charge is -2.23. The summed E-state index contributed by atoms with van der Waals surface area (Å²) in [7, 11) is -0.644. The highest BCUT2D eigenvalue weighted by atomic mass is 35.7. The highest BCUT2D eigenvalue weighted by Crippen LogP contribution is 2.50. The summed E-state index contributed by atoms with van der Waals surface area (Å²) in [6.07, 6.45) is 8.42. The molecule has 46 heavy (non-hydrogen) atoms. The van der Waals surface area contributed by atoms with Gasteiger partial charge < -0.3 is 14.7 Å². The molecule has 1 N–H and O–H groups in total. The highest BCUT2D eigenvalue weighted by Gasteiger charge is 2.44. The van der Waals surface area contributed by atoms with Gasteiger partial charge in [0.05, 0.1) is 23.1 Å². The quantitative estimate of drug-likeness (QED) is 0.195. The van der Waals surface area contributed by atoms with E-state index in [0.717, 1.165) is 0 Å². The Morgan fingerprint density at radius 2 is 1.41 bits per heavy atom. The molecular weight excluding hydrogens is 604 g/mol. The first-order valence-corrected chi connectivity index (χ1v) is 16.2. The van der Waals surface area contributed by atoms with Gasteiger partial charge in [-0.3, -0.25) is 0 Å². The Morgan fingerprint density at radius 3 is 2.04 bits per heavy atom. The number of hydrogen-bond donors (Lipinski definition) is 1. The van der Waals surface area contributed by atoms with Crippen molar-refractivity contribution in [3.05, 3.63) is 120 Å². The fourth-order valence-electron chi connectivity index (χ4n) is 6.87. The van der Waals surface area contributed by atoms with Crippen molar-refractivity contribution in [1.29, 1.82) is 0 Å². The lowest BCUT2D eigenvalue weighted by molar-refractivity contribution is -2.00. The van der Waals surface area contributed by atoms with Gasteiger partial charge in [-0.25, -0.2) is 18.6 Å². The summed E-state index contributed by atoms with van der Waals surface area (Å²) in [6.45, 7) is 9.32. The molecule has 8 nitrogen and oxygen atoms in total. The zero-order chi connectivity index (χ0) is 33.4. The lowest BCUT2D eigenvalue weighted by atomic mass is 9.80. The van der Waals surface area contributed by atoms with Crippen LogP contribution < -0.4 is 23.5 Å². The van der Waals surface area contributed by atoms with E-state index >= 15 is 0 Å². The Morgan fingerprint density at radius 1 is 0.848 bits per heavy atom. The first-order valence-electron chi connectivity index (χ1n) is 15.0. The van der Waals surface area contributed by atoms with Gasteiger partial charge in [0.15, 0.2) is 5.71 Å². The molecular formula is C37H39ClN2O6. The predicted molar refractivity (Wildman–Crippen MR) is 172 cm³/mol. The van der Waals surface area contributed by atoms with Gasteiger partial charge in [0.1, 0.15) is 19.4 Å². The van der Waals surface area contributed by atoms with Crippen LogP contribution in [-0.4, -0.2) is 42.7 Å². The third kappa shape index (κ3) is 6.33. The Labute approximate surface area is 271 Å². The summed E-state index contributed by atoms with van der Waals surface area (Å²) in [5.74, 6) is 0.717. The third-order valence-corrected chi connectivity index (χ3v) is 8.99. The molecule has 9 heteroatoms. The maximum atomic E-state index is 9.55. The van der Waals surface area contributed by atoms with Gasteiger partial charge in [0.25, 0.3) is 0 Å². The molecule has 0 aromatic heterocycles. The van der Waals surface area contributed by atoms with E-state index in [1.807, 2.05) is 12.2 Å². The average molecular weight is 643 g/mol. The van der Waals surface area contributed by atoms with Crippen LogP contribution in [0.3, 0.4) is 0 Å². The zero-order valence-corrected chi connectivity index (χ0v) is 27.7.